The SMILES string of the molecule is CCOC(=O)n1c(-c2ccccc2)c(C(C)=O)c2cc([N+](=O)[O-])ccc21. The molecule has 0 amide bonds. The fraction of sp³-hybridized carbons (Fsp3) is 0.158. The number of non-ortho nitro benzene ring substituents is 1. The minimum absolute atomic E-state index is 0.152. The Morgan fingerprint density at radius 3 is 2.42 bits per heavy atom. The van der Waals surface area contributed by atoms with Crippen LogP contribution in [0.5, 0.6) is 0 Å². The Bertz CT molecular complexity index is 1020. The molecule has 0 aliphatic carbocycles. The fourth-order valence-electron chi connectivity index (χ4n) is 3.00. The molecule has 0 N–H and O–H groups in total. The molecule has 0 radical (unpaired) electrons. The number of hydrogen-bond acceptors (Lipinski definition) is 5. The Kier molecular flexibility index (Phi) is 4.53. The average Bonchev–Trinajstić information content (AvgIpc) is 2.97. The van der Waals surface area contributed by atoms with Crippen LogP contribution in [0.4, 0.5) is 10.5 Å². The Labute approximate surface area is 149 Å². The Morgan fingerprint density at radius 2 is 1.85 bits per heavy atom. The van der Waals surface area contributed by atoms with Gasteiger partial charge in [-0.1, -0.05) is 30.3 Å². The third-order valence-electron chi connectivity index (χ3n) is 4.01. The first-order valence-corrected chi connectivity index (χ1v) is 8.02. The highest BCUT2D eigenvalue weighted by atomic mass is 16.6. The molecule has 0 saturated carbocycles. The molecule has 7 nitrogen and oxygen atoms in total. The summed E-state index contributed by atoms with van der Waals surface area (Å²) in [5, 5.41) is 11.5. The summed E-state index contributed by atoms with van der Waals surface area (Å²) < 4.78 is 6.45. The van der Waals surface area contributed by atoms with Gasteiger partial charge < -0.3 is 4.74 Å². The van der Waals surface area contributed by atoms with Crippen molar-refractivity contribution in [2.24, 2.45) is 0 Å². The molecule has 7 heteroatoms. The smallest absolute Gasteiger partial charge is 0.418 e. The van der Waals surface area contributed by atoms with Gasteiger partial charge >= 0.3 is 6.09 Å². The minimum atomic E-state index is -0.641. The van der Waals surface area contributed by atoms with E-state index in [1.165, 1.54) is 29.7 Å². The van der Waals surface area contributed by atoms with E-state index in [4.69, 9.17) is 4.74 Å². The molecule has 0 aliphatic rings. The molecule has 3 rings (SSSR count). The fourth-order valence-corrected chi connectivity index (χ4v) is 3.00. The number of nitrogens with zero attached hydrogens (tertiary/aromatic N) is 2. The van der Waals surface area contributed by atoms with E-state index < -0.39 is 11.0 Å². The Hall–Kier alpha value is -3.48. The summed E-state index contributed by atoms with van der Waals surface area (Å²) in [5.74, 6) is -0.294. The zero-order valence-corrected chi connectivity index (χ0v) is 14.3. The Morgan fingerprint density at radius 1 is 1.15 bits per heavy atom. The van der Waals surface area contributed by atoms with Crippen LogP contribution in [-0.4, -0.2) is 28.0 Å². The van der Waals surface area contributed by atoms with Crippen LogP contribution in [-0.2, 0) is 4.74 Å². The van der Waals surface area contributed by atoms with Crippen LogP contribution in [0.2, 0.25) is 0 Å². The lowest BCUT2D eigenvalue weighted by atomic mass is 10.0. The molecule has 1 aromatic heterocycles. The number of carbonyl (C=O) groups is 2. The van der Waals surface area contributed by atoms with E-state index in [0.717, 1.165) is 0 Å². The van der Waals surface area contributed by atoms with Gasteiger partial charge in [-0.2, -0.15) is 0 Å². The number of nitro benzene ring substituents is 1. The van der Waals surface area contributed by atoms with Crippen LogP contribution in [0.25, 0.3) is 22.2 Å². The second kappa shape index (κ2) is 6.79. The summed E-state index contributed by atoms with van der Waals surface area (Å²) in [6.07, 6.45) is -0.641. The summed E-state index contributed by atoms with van der Waals surface area (Å²) in [7, 11) is 0. The molecule has 26 heavy (non-hydrogen) atoms. The van der Waals surface area contributed by atoms with Crippen molar-refractivity contribution >= 4 is 28.5 Å². The molecule has 2 aromatic carbocycles. The second-order valence-electron chi connectivity index (χ2n) is 5.64. The third kappa shape index (κ3) is 2.83. The van der Waals surface area contributed by atoms with Gasteiger partial charge in [-0.3, -0.25) is 14.9 Å². The average molecular weight is 352 g/mol. The zero-order valence-electron chi connectivity index (χ0n) is 14.3. The number of aromatic nitrogens is 1. The molecule has 1 heterocycles. The maximum Gasteiger partial charge on any atom is 0.418 e. The Balaban J connectivity index is 2.46. The van der Waals surface area contributed by atoms with Gasteiger partial charge in [-0.05, 0) is 25.5 Å². The van der Waals surface area contributed by atoms with E-state index >= 15 is 0 Å². The topological polar surface area (TPSA) is 91.4 Å². The van der Waals surface area contributed by atoms with Crippen molar-refractivity contribution in [3.8, 4) is 11.3 Å². The van der Waals surface area contributed by atoms with Crippen LogP contribution < -0.4 is 0 Å². The van der Waals surface area contributed by atoms with E-state index in [2.05, 4.69) is 0 Å². The van der Waals surface area contributed by atoms with Crippen molar-refractivity contribution in [1.82, 2.24) is 4.57 Å². The van der Waals surface area contributed by atoms with Crippen molar-refractivity contribution in [3.63, 3.8) is 0 Å². The van der Waals surface area contributed by atoms with Gasteiger partial charge in [0.1, 0.15) is 0 Å². The van der Waals surface area contributed by atoms with Crippen LogP contribution in [0, 0.1) is 10.1 Å². The number of Topliss-reactive ketones (excluding diaryl/α,β-unsaturated/α-hetero) is 1. The molecule has 0 unspecified atom stereocenters. The summed E-state index contributed by atoms with van der Waals surface area (Å²) in [6, 6.07) is 13.0. The van der Waals surface area contributed by atoms with Crippen molar-refractivity contribution in [3.05, 3.63) is 64.2 Å². The molecule has 0 aliphatic heterocycles. The predicted molar refractivity (Wildman–Crippen MR) is 96.5 cm³/mol. The highest BCUT2D eigenvalue weighted by molar-refractivity contribution is 6.15. The van der Waals surface area contributed by atoms with Gasteiger partial charge in [0.2, 0.25) is 0 Å². The zero-order chi connectivity index (χ0) is 18.8. The van der Waals surface area contributed by atoms with E-state index in [9.17, 15) is 19.7 Å². The summed E-state index contributed by atoms with van der Waals surface area (Å²) in [4.78, 5) is 35.6. The molecule has 0 saturated heterocycles. The lowest BCUT2D eigenvalue weighted by Crippen LogP contribution is -2.15. The summed E-state index contributed by atoms with van der Waals surface area (Å²) >= 11 is 0. The van der Waals surface area contributed by atoms with Gasteiger partial charge in [-0.25, -0.2) is 9.36 Å². The highest BCUT2D eigenvalue weighted by Gasteiger charge is 2.27. The number of ketones is 1. The van der Waals surface area contributed by atoms with E-state index in [-0.39, 0.29) is 23.6 Å². The number of hydrogen-bond donors (Lipinski definition) is 0. The quantitative estimate of drug-likeness (QED) is 0.394. The first kappa shape index (κ1) is 17.3. The summed E-state index contributed by atoms with van der Waals surface area (Å²) in [5.41, 5.74) is 1.50. The summed E-state index contributed by atoms with van der Waals surface area (Å²) in [6.45, 7) is 3.22. The largest absolute Gasteiger partial charge is 0.449 e. The second-order valence-corrected chi connectivity index (χ2v) is 5.64. The van der Waals surface area contributed by atoms with Gasteiger partial charge in [0, 0.05) is 17.5 Å². The standard InChI is InChI=1S/C19H16N2O5/c1-3-26-19(23)20-16-10-9-14(21(24)25)11-15(16)17(12(2)22)18(20)13-7-5-4-6-8-13/h4-11H,3H2,1-2H3. The van der Waals surface area contributed by atoms with Crippen molar-refractivity contribution in [1.29, 1.82) is 0 Å². The van der Waals surface area contributed by atoms with E-state index in [0.29, 0.717) is 22.2 Å². The van der Waals surface area contributed by atoms with Gasteiger partial charge in [0.05, 0.1) is 28.3 Å². The lowest BCUT2D eigenvalue weighted by molar-refractivity contribution is -0.384. The number of ether oxygens (including phenoxy) is 1. The molecule has 0 fully saturated rings. The van der Waals surface area contributed by atoms with Crippen LogP contribution in [0.1, 0.15) is 24.2 Å². The predicted octanol–water partition coefficient (Wildman–Crippen LogP) is 4.42. The molecule has 3 aromatic rings. The van der Waals surface area contributed by atoms with Crippen molar-refractivity contribution in [2.75, 3.05) is 6.61 Å². The van der Waals surface area contributed by atoms with Crippen LogP contribution in [0.3, 0.4) is 0 Å². The first-order chi connectivity index (χ1) is 12.5. The number of rotatable bonds is 4. The minimum Gasteiger partial charge on any atom is -0.449 e. The van der Waals surface area contributed by atoms with Crippen molar-refractivity contribution < 1.29 is 19.2 Å². The van der Waals surface area contributed by atoms with Gasteiger partial charge in [-0.15, -0.1) is 0 Å². The van der Waals surface area contributed by atoms with Gasteiger partial charge in [0.25, 0.3) is 5.69 Å². The normalized spacial score (nSPS) is 10.7. The number of benzene rings is 2. The third-order valence-corrected chi connectivity index (χ3v) is 4.01. The van der Waals surface area contributed by atoms with Gasteiger partial charge in [0.15, 0.2) is 5.78 Å². The van der Waals surface area contributed by atoms with Crippen molar-refractivity contribution in [2.45, 2.75) is 13.8 Å². The molecular formula is C19H16N2O5. The molecular weight excluding hydrogens is 336 g/mol. The number of carbonyl (C=O) groups excluding carboxylic acids is 2. The van der Waals surface area contributed by atoms with E-state index in [1.54, 1.807) is 31.2 Å². The van der Waals surface area contributed by atoms with Crippen LogP contribution >= 0.6 is 0 Å². The molecule has 0 bridgehead atoms. The van der Waals surface area contributed by atoms with E-state index in [1.807, 2.05) is 6.07 Å². The first-order valence-electron chi connectivity index (χ1n) is 8.02. The number of fused-ring (bicyclic) bond motifs is 1. The molecule has 0 spiro atoms. The maximum atomic E-state index is 12.6. The highest BCUT2D eigenvalue weighted by Crippen LogP contribution is 2.36. The number of nitro groups is 1. The van der Waals surface area contributed by atoms with Crippen LogP contribution in [0.15, 0.2) is 48.5 Å². The molecule has 0 atom stereocenters. The lowest BCUT2D eigenvalue weighted by Gasteiger charge is -2.10. The maximum absolute atomic E-state index is 12.6. The monoisotopic (exact) mass is 352 g/mol. The molecule has 132 valence electrons.